The van der Waals surface area contributed by atoms with E-state index in [2.05, 4.69) is 17.1 Å². The number of rotatable bonds is 8. The molecule has 0 amide bonds. The van der Waals surface area contributed by atoms with Gasteiger partial charge in [0, 0.05) is 19.1 Å². The van der Waals surface area contributed by atoms with Gasteiger partial charge >= 0.3 is 0 Å². The van der Waals surface area contributed by atoms with Crippen molar-refractivity contribution in [1.82, 2.24) is 4.90 Å². The number of hydrogen-bond acceptors (Lipinski definition) is 4. The van der Waals surface area contributed by atoms with Crippen molar-refractivity contribution in [2.45, 2.75) is 45.8 Å². The third kappa shape index (κ3) is 4.04. The minimum absolute atomic E-state index is 0.137. The van der Waals surface area contributed by atoms with Gasteiger partial charge in [-0.3, -0.25) is 4.90 Å². The van der Waals surface area contributed by atoms with Crippen LogP contribution in [0.1, 0.15) is 33.6 Å². The molecule has 0 atom stereocenters. The first-order chi connectivity index (χ1) is 9.61. The van der Waals surface area contributed by atoms with Gasteiger partial charge < -0.3 is 15.8 Å². The molecule has 20 heavy (non-hydrogen) atoms. The lowest BCUT2D eigenvalue weighted by Crippen LogP contribution is -2.31. The van der Waals surface area contributed by atoms with Crippen LogP contribution in [0.5, 0.6) is 5.75 Å². The van der Waals surface area contributed by atoms with Crippen LogP contribution < -0.4 is 15.8 Å². The molecule has 0 heterocycles. The van der Waals surface area contributed by atoms with Gasteiger partial charge in [0.25, 0.3) is 0 Å². The molecule has 1 aliphatic carbocycles. The summed E-state index contributed by atoms with van der Waals surface area (Å²) in [5.41, 5.74) is 7.82. The van der Waals surface area contributed by atoms with Gasteiger partial charge in [-0.1, -0.05) is 13.0 Å². The fraction of sp³-hybridized carbons (Fsp3) is 0.625. The van der Waals surface area contributed by atoms with E-state index >= 15 is 0 Å². The third-order valence-electron chi connectivity index (χ3n) is 3.61. The summed E-state index contributed by atoms with van der Waals surface area (Å²) in [5.74, 6) is 0.763. The molecule has 1 aromatic rings. The molecule has 1 fully saturated rings. The maximum absolute atomic E-state index is 6.15. The quantitative estimate of drug-likeness (QED) is 0.717. The Bertz CT molecular complexity index is 430. The van der Waals surface area contributed by atoms with Crippen molar-refractivity contribution < 1.29 is 4.74 Å². The molecule has 1 aromatic carbocycles. The Labute approximate surface area is 122 Å². The standard InChI is InChI=1S/C16H27N3O/c1-4-19(13-8-9-13)11-10-18-14-6-5-7-15(16(14)17)20-12(2)3/h5-7,12-13,18H,4,8-11,17H2,1-3H3. The van der Waals surface area contributed by atoms with Crippen molar-refractivity contribution in [3.05, 3.63) is 18.2 Å². The largest absolute Gasteiger partial charge is 0.489 e. The Morgan fingerprint density at radius 1 is 1.40 bits per heavy atom. The van der Waals surface area contributed by atoms with Crippen molar-refractivity contribution in [1.29, 1.82) is 0 Å². The van der Waals surface area contributed by atoms with Gasteiger partial charge in [0.05, 0.1) is 17.5 Å². The van der Waals surface area contributed by atoms with Crippen LogP contribution >= 0.6 is 0 Å². The Morgan fingerprint density at radius 3 is 2.75 bits per heavy atom. The number of nitrogens with two attached hydrogens (primary N) is 1. The number of ether oxygens (including phenoxy) is 1. The van der Waals surface area contributed by atoms with E-state index in [-0.39, 0.29) is 6.10 Å². The van der Waals surface area contributed by atoms with E-state index in [9.17, 15) is 0 Å². The Morgan fingerprint density at radius 2 is 2.15 bits per heavy atom. The van der Waals surface area contributed by atoms with E-state index < -0.39 is 0 Å². The SMILES string of the molecule is CCN(CCNc1cccc(OC(C)C)c1N)C1CC1. The maximum atomic E-state index is 6.15. The average Bonchev–Trinajstić information content (AvgIpc) is 3.22. The van der Waals surface area contributed by atoms with E-state index in [1.807, 2.05) is 32.0 Å². The molecule has 4 heteroatoms. The molecular formula is C16H27N3O. The fourth-order valence-electron chi connectivity index (χ4n) is 2.43. The molecular weight excluding hydrogens is 250 g/mol. The first-order valence-electron chi connectivity index (χ1n) is 7.65. The number of nitrogens with one attached hydrogen (secondary N) is 1. The van der Waals surface area contributed by atoms with Gasteiger partial charge in [-0.15, -0.1) is 0 Å². The van der Waals surface area contributed by atoms with E-state index in [1.165, 1.54) is 12.8 Å². The molecule has 0 aromatic heterocycles. The monoisotopic (exact) mass is 277 g/mol. The molecule has 0 radical (unpaired) electrons. The molecule has 4 nitrogen and oxygen atoms in total. The summed E-state index contributed by atoms with van der Waals surface area (Å²) in [5, 5.41) is 3.43. The van der Waals surface area contributed by atoms with Crippen LogP contribution in [0.3, 0.4) is 0 Å². The zero-order valence-corrected chi connectivity index (χ0v) is 12.9. The van der Waals surface area contributed by atoms with Crippen LogP contribution in [0.2, 0.25) is 0 Å². The van der Waals surface area contributed by atoms with Crippen molar-refractivity contribution in [2.75, 3.05) is 30.7 Å². The fourth-order valence-corrected chi connectivity index (χ4v) is 2.43. The number of nitrogen functional groups attached to an aromatic ring is 1. The number of benzene rings is 1. The van der Waals surface area contributed by atoms with Gasteiger partial charge in [0.2, 0.25) is 0 Å². The molecule has 112 valence electrons. The van der Waals surface area contributed by atoms with Gasteiger partial charge in [0.15, 0.2) is 0 Å². The smallest absolute Gasteiger partial charge is 0.144 e. The summed E-state index contributed by atoms with van der Waals surface area (Å²) in [6.45, 7) is 9.35. The van der Waals surface area contributed by atoms with Crippen LogP contribution in [-0.2, 0) is 0 Å². The zero-order chi connectivity index (χ0) is 14.5. The third-order valence-corrected chi connectivity index (χ3v) is 3.61. The summed E-state index contributed by atoms with van der Waals surface area (Å²) in [6.07, 6.45) is 2.85. The summed E-state index contributed by atoms with van der Waals surface area (Å²) >= 11 is 0. The minimum Gasteiger partial charge on any atom is -0.489 e. The number of nitrogens with zero attached hydrogens (tertiary/aromatic N) is 1. The topological polar surface area (TPSA) is 50.5 Å². The van der Waals surface area contributed by atoms with Crippen molar-refractivity contribution in [3.63, 3.8) is 0 Å². The van der Waals surface area contributed by atoms with Gasteiger partial charge in [0.1, 0.15) is 5.75 Å². The van der Waals surface area contributed by atoms with Crippen molar-refractivity contribution >= 4 is 11.4 Å². The van der Waals surface area contributed by atoms with E-state index in [0.717, 1.165) is 37.1 Å². The number of para-hydroxylation sites is 1. The highest BCUT2D eigenvalue weighted by Gasteiger charge is 2.27. The second-order valence-electron chi connectivity index (χ2n) is 5.67. The Hall–Kier alpha value is -1.42. The first kappa shape index (κ1) is 15.0. The molecule has 0 saturated heterocycles. The number of anilines is 2. The molecule has 1 saturated carbocycles. The number of hydrogen-bond donors (Lipinski definition) is 2. The molecule has 1 aliphatic rings. The van der Waals surface area contributed by atoms with Crippen LogP contribution in [0.15, 0.2) is 18.2 Å². The van der Waals surface area contributed by atoms with Gasteiger partial charge in [-0.25, -0.2) is 0 Å². The molecule has 0 unspecified atom stereocenters. The minimum atomic E-state index is 0.137. The Balaban J connectivity index is 1.88. The predicted molar refractivity (Wildman–Crippen MR) is 85.4 cm³/mol. The van der Waals surface area contributed by atoms with E-state index in [1.54, 1.807) is 0 Å². The second kappa shape index (κ2) is 6.84. The summed E-state index contributed by atoms with van der Waals surface area (Å²) < 4.78 is 5.71. The zero-order valence-electron chi connectivity index (χ0n) is 12.9. The molecule has 3 N–H and O–H groups in total. The molecule has 2 rings (SSSR count). The normalized spacial score (nSPS) is 14.8. The average molecular weight is 277 g/mol. The lowest BCUT2D eigenvalue weighted by Gasteiger charge is -2.21. The lowest BCUT2D eigenvalue weighted by atomic mass is 10.2. The van der Waals surface area contributed by atoms with Crippen LogP contribution in [0, 0.1) is 0 Å². The lowest BCUT2D eigenvalue weighted by molar-refractivity contribution is 0.244. The second-order valence-corrected chi connectivity index (χ2v) is 5.67. The van der Waals surface area contributed by atoms with Crippen molar-refractivity contribution in [2.24, 2.45) is 0 Å². The van der Waals surface area contributed by atoms with Gasteiger partial charge in [-0.05, 0) is 45.4 Å². The van der Waals surface area contributed by atoms with E-state index in [0.29, 0.717) is 5.69 Å². The highest BCUT2D eigenvalue weighted by atomic mass is 16.5. The highest BCUT2D eigenvalue weighted by molar-refractivity contribution is 5.72. The summed E-state index contributed by atoms with van der Waals surface area (Å²) in [4.78, 5) is 2.53. The molecule has 0 spiro atoms. The highest BCUT2D eigenvalue weighted by Crippen LogP contribution is 2.30. The van der Waals surface area contributed by atoms with E-state index in [4.69, 9.17) is 10.5 Å². The van der Waals surface area contributed by atoms with Crippen LogP contribution in [0.25, 0.3) is 0 Å². The summed E-state index contributed by atoms with van der Waals surface area (Å²) in [6, 6.07) is 6.73. The predicted octanol–water partition coefficient (Wildman–Crippen LogP) is 2.95. The Kier molecular flexibility index (Phi) is 5.12. The van der Waals surface area contributed by atoms with Crippen molar-refractivity contribution in [3.8, 4) is 5.75 Å². The first-order valence-corrected chi connectivity index (χ1v) is 7.65. The van der Waals surface area contributed by atoms with Crippen LogP contribution in [-0.4, -0.2) is 36.7 Å². The number of likely N-dealkylation sites (N-methyl/N-ethyl adjacent to an activating group) is 1. The van der Waals surface area contributed by atoms with Crippen LogP contribution in [0.4, 0.5) is 11.4 Å². The molecule has 0 aliphatic heterocycles. The maximum Gasteiger partial charge on any atom is 0.144 e. The van der Waals surface area contributed by atoms with Gasteiger partial charge in [-0.2, -0.15) is 0 Å². The summed E-state index contributed by atoms with van der Waals surface area (Å²) in [7, 11) is 0. The molecule has 0 bridgehead atoms.